The Morgan fingerprint density at radius 1 is 1.24 bits per heavy atom. The number of rotatable bonds is 11. The Hall–Kier alpha value is -2.52. The zero-order chi connectivity index (χ0) is 24.8. The molecule has 0 aliphatic carbocycles. The molecule has 0 spiro atoms. The molecular weight excluding hydrogens is 443 g/mol. The van der Waals surface area contributed by atoms with Gasteiger partial charge in [0.25, 0.3) is 0 Å². The van der Waals surface area contributed by atoms with E-state index >= 15 is 0 Å². The Labute approximate surface area is 196 Å². The molecule has 0 bridgehead atoms. The predicted octanol–water partition coefficient (Wildman–Crippen LogP) is 5.02. The van der Waals surface area contributed by atoms with Gasteiger partial charge < -0.3 is 14.2 Å². The Morgan fingerprint density at radius 2 is 1.94 bits per heavy atom. The lowest BCUT2D eigenvalue weighted by atomic mass is 9.92. The van der Waals surface area contributed by atoms with Gasteiger partial charge in [-0.2, -0.15) is 5.10 Å². The van der Waals surface area contributed by atoms with Crippen LogP contribution in [0.15, 0.2) is 24.3 Å². The molecule has 0 aliphatic heterocycles. The minimum absolute atomic E-state index is 0.0607. The van der Waals surface area contributed by atoms with Gasteiger partial charge in [-0.05, 0) is 50.6 Å². The number of aromatic nitrogens is 2. The second-order valence-electron chi connectivity index (χ2n) is 10.2. The number of halogens is 1. The van der Waals surface area contributed by atoms with Crippen LogP contribution < -0.4 is 4.74 Å². The summed E-state index contributed by atoms with van der Waals surface area (Å²) in [6, 6.07) is 7.10. The summed E-state index contributed by atoms with van der Waals surface area (Å²) in [4.78, 5) is 24.3. The average Bonchev–Trinajstić information content (AvgIpc) is 3.10. The van der Waals surface area contributed by atoms with Gasteiger partial charge in [0, 0.05) is 20.6 Å². The molecule has 0 amide bonds. The molecule has 1 heterocycles. The smallest absolute Gasteiger partial charge is 0.307 e. The molecule has 1 atom stereocenters. The van der Waals surface area contributed by atoms with Gasteiger partial charge in [0.2, 0.25) is 0 Å². The number of hydrogen-bond donors (Lipinski definition) is 0. The van der Waals surface area contributed by atoms with Crippen LogP contribution in [0.4, 0.5) is 4.39 Å². The van der Waals surface area contributed by atoms with E-state index in [1.54, 1.807) is 32.9 Å². The molecule has 0 saturated heterocycles. The molecule has 1 unspecified atom stereocenters. The Kier molecular flexibility index (Phi) is 8.96. The maximum absolute atomic E-state index is 14.4. The van der Waals surface area contributed by atoms with E-state index in [-0.39, 0.29) is 18.9 Å². The highest BCUT2D eigenvalue weighted by Gasteiger charge is 2.27. The number of benzene rings is 1. The van der Waals surface area contributed by atoms with Crippen LogP contribution in [0.2, 0.25) is 25.7 Å². The lowest BCUT2D eigenvalue weighted by molar-refractivity contribution is -0.155. The summed E-state index contributed by atoms with van der Waals surface area (Å²) in [5.74, 6) is -1.50. The third-order valence-corrected chi connectivity index (χ3v) is 6.59. The maximum Gasteiger partial charge on any atom is 0.307 e. The van der Waals surface area contributed by atoms with Gasteiger partial charge in [-0.15, -0.1) is 0 Å². The topological polar surface area (TPSA) is 79.7 Å². The summed E-state index contributed by atoms with van der Waals surface area (Å²) in [6.45, 7) is 12.8. The van der Waals surface area contributed by atoms with Gasteiger partial charge in [-0.25, -0.2) is 9.07 Å². The first-order chi connectivity index (χ1) is 15.3. The van der Waals surface area contributed by atoms with E-state index in [2.05, 4.69) is 24.7 Å². The van der Waals surface area contributed by atoms with Crippen LogP contribution in [-0.4, -0.2) is 49.4 Å². The lowest BCUT2D eigenvalue weighted by Crippen LogP contribution is -2.25. The zero-order valence-corrected chi connectivity index (χ0v) is 21.6. The number of esters is 1. The van der Waals surface area contributed by atoms with Gasteiger partial charge in [-0.3, -0.25) is 9.59 Å². The molecule has 33 heavy (non-hydrogen) atoms. The molecule has 0 radical (unpaired) electrons. The van der Waals surface area contributed by atoms with Crippen molar-refractivity contribution in [3.05, 3.63) is 47.0 Å². The first kappa shape index (κ1) is 26.7. The number of carbonyl (C=O) groups is 2. The van der Waals surface area contributed by atoms with Crippen molar-refractivity contribution in [1.82, 2.24) is 9.78 Å². The zero-order valence-electron chi connectivity index (χ0n) is 20.6. The minimum atomic E-state index is -1.25. The number of aldehydes is 1. The lowest BCUT2D eigenvalue weighted by Gasteiger charge is -2.22. The quantitative estimate of drug-likeness (QED) is 0.195. The summed E-state index contributed by atoms with van der Waals surface area (Å²) in [7, 11) is 0.138. The van der Waals surface area contributed by atoms with Gasteiger partial charge in [-0.1, -0.05) is 25.7 Å². The molecule has 0 fully saturated rings. The largest absolute Gasteiger partial charge is 0.494 e. The van der Waals surface area contributed by atoms with Crippen LogP contribution in [0.25, 0.3) is 0 Å². The summed E-state index contributed by atoms with van der Waals surface area (Å²) >= 11 is 0. The fraction of sp³-hybridized carbons (Fsp3) is 0.542. The van der Waals surface area contributed by atoms with E-state index in [9.17, 15) is 14.0 Å². The maximum atomic E-state index is 14.4. The van der Waals surface area contributed by atoms with Crippen molar-refractivity contribution >= 4 is 20.3 Å². The number of ether oxygens (including phenoxy) is 3. The summed E-state index contributed by atoms with van der Waals surface area (Å²) in [6.07, 6.45) is 0.631. The second-order valence-corrected chi connectivity index (χ2v) is 15.8. The van der Waals surface area contributed by atoms with Crippen LogP contribution in [0.3, 0.4) is 0 Å². The summed E-state index contributed by atoms with van der Waals surface area (Å²) in [5.41, 5.74) is 0.646. The molecule has 1 aromatic carbocycles. The van der Waals surface area contributed by atoms with E-state index in [0.29, 0.717) is 29.8 Å². The second kappa shape index (κ2) is 11.1. The van der Waals surface area contributed by atoms with Gasteiger partial charge in [0.1, 0.15) is 18.0 Å². The van der Waals surface area contributed by atoms with Crippen LogP contribution in [0, 0.1) is 5.82 Å². The third-order valence-electron chi connectivity index (χ3n) is 4.89. The molecule has 0 aliphatic rings. The molecule has 2 rings (SSSR count). The Morgan fingerprint density at radius 3 is 2.48 bits per heavy atom. The van der Waals surface area contributed by atoms with E-state index in [1.165, 1.54) is 23.9 Å². The number of carbonyl (C=O) groups excluding carboxylic acids is 2. The normalized spacial score (nSPS) is 13.0. The van der Waals surface area contributed by atoms with Gasteiger partial charge >= 0.3 is 5.97 Å². The van der Waals surface area contributed by atoms with Crippen LogP contribution >= 0.6 is 0 Å². The van der Waals surface area contributed by atoms with Crippen molar-refractivity contribution in [2.75, 3.05) is 13.7 Å². The third kappa shape index (κ3) is 8.40. The molecule has 0 saturated carbocycles. The molecule has 2 aromatic rings. The van der Waals surface area contributed by atoms with Crippen molar-refractivity contribution in [2.24, 2.45) is 0 Å². The number of hydrogen-bond acceptors (Lipinski definition) is 6. The van der Waals surface area contributed by atoms with Gasteiger partial charge in [0.15, 0.2) is 17.9 Å². The van der Waals surface area contributed by atoms with Crippen molar-refractivity contribution in [1.29, 1.82) is 0 Å². The fourth-order valence-corrected chi connectivity index (χ4v) is 3.95. The molecule has 9 heteroatoms. The van der Waals surface area contributed by atoms with Crippen molar-refractivity contribution in [3.63, 3.8) is 0 Å². The van der Waals surface area contributed by atoms with Crippen LogP contribution in [0.1, 0.15) is 54.9 Å². The highest BCUT2D eigenvalue weighted by atomic mass is 28.3. The molecule has 1 aromatic heterocycles. The Bertz CT molecular complexity index is 963. The summed E-state index contributed by atoms with van der Waals surface area (Å²) < 4.78 is 32.1. The fourth-order valence-electron chi connectivity index (χ4n) is 3.19. The first-order valence-electron chi connectivity index (χ1n) is 11.0. The standard InChI is InChI=1S/C24H35FN2O5Si/c1-24(2,3)32-23(29)14-19(17-8-9-22(30-4)20(25)12-17)21-13-18(15-28)27(26-21)16-31-10-11-33(5,6)7/h8-9,12-13,15,19H,10-11,14,16H2,1-7H3. The van der Waals surface area contributed by atoms with E-state index < -0.39 is 31.4 Å². The SMILES string of the molecule is COc1ccc(C(CC(=O)OC(C)(C)C)c2cc(C=O)n(COCC[Si](C)(C)C)n2)cc1F. The average molecular weight is 479 g/mol. The number of nitrogens with zero attached hydrogens (tertiary/aromatic N) is 2. The van der Waals surface area contributed by atoms with Crippen LogP contribution in [0.5, 0.6) is 5.75 Å². The van der Waals surface area contributed by atoms with Crippen LogP contribution in [-0.2, 0) is 21.0 Å². The highest BCUT2D eigenvalue weighted by molar-refractivity contribution is 6.76. The molecule has 182 valence electrons. The van der Waals surface area contributed by atoms with E-state index in [1.807, 2.05) is 0 Å². The first-order valence-corrected chi connectivity index (χ1v) is 14.7. The van der Waals surface area contributed by atoms with Crippen molar-refractivity contribution in [2.45, 2.75) is 71.1 Å². The van der Waals surface area contributed by atoms with Gasteiger partial charge in [0.05, 0.1) is 19.2 Å². The molecular formula is C24H35FN2O5Si. The summed E-state index contributed by atoms with van der Waals surface area (Å²) in [5, 5.41) is 4.52. The molecule has 0 N–H and O–H groups in total. The molecule has 7 nitrogen and oxygen atoms in total. The monoisotopic (exact) mass is 478 g/mol. The predicted molar refractivity (Wildman–Crippen MR) is 127 cm³/mol. The Balaban J connectivity index is 2.33. The van der Waals surface area contributed by atoms with E-state index in [4.69, 9.17) is 14.2 Å². The van der Waals surface area contributed by atoms with Crippen molar-refractivity contribution in [3.8, 4) is 5.75 Å². The van der Waals surface area contributed by atoms with Crippen molar-refractivity contribution < 1.29 is 28.2 Å². The van der Waals surface area contributed by atoms with E-state index in [0.717, 1.165) is 6.04 Å². The highest BCUT2D eigenvalue weighted by Crippen LogP contribution is 2.31. The minimum Gasteiger partial charge on any atom is -0.494 e. The number of methoxy groups -OCH3 is 1.